The van der Waals surface area contributed by atoms with E-state index in [1.807, 2.05) is 36.4 Å². The molecule has 0 fully saturated rings. The van der Waals surface area contributed by atoms with Crippen molar-refractivity contribution >= 4 is 17.4 Å². The number of nitriles is 1. The fourth-order valence-corrected chi connectivity index (χ4v) is 3.73. The van der Waals surface area contributed by atoms with E-state index in [0.29, 0.717) is 17.9 Å². The van der Waals surface area contributed by atoms with E-state index >= 15 is 0 Å². The molecule has 3 rings (SSSR count). The summed E-state index contributed by atoms with van der Waals surface area (Å²) in [5.74, 6) is 0.514. The zero-order valence-corrected chi connectivity index (χ0v) is 14.4. The summed E-state index contributed by atoms with van der Waals surface area (Å²) in [6.07, 6.45) is 3.85. The van der Waals surface area contributed by atoms with Gasteiger partial charge in [-0.05, 0) is 49.4 Å². The van der Waals surface area contributed by atoms with Crippen LogP contribution in [0, 0.1) is 11.3 Å². The molecule has 2 N–H and O–H groups in total. The lowest BCUT2D eigenvalue weighted by atomic mass is 9.95. The van der Waals surface area contributed by atoms with Crippen LogP contribution in [-0.4, -0.2) is 28.5 Å². The molecule has 0 saturated carbocycles. The summed E-state index contributed by atoms with van der Waals surface area (Å²) in [6.45, 7) is 0.476. The molecular formula is C19H21N3OS. The molecule has 0 aliphatic heterocycles. The molecule has 1 aliphatic rings. The second kappa shape index (κ2) is 8.18. The molecular weight excluding hydrogens is 318 g/mol. The molecule has 0 radical (unpaired) electrons. The summed E-state index contributed by atoms with van der Waals surface area (Å²) in [5, 5.41) is 23.5. The van der Waals surface area contributed by atoms with Gasteiger partial charge in [0.05, 0.1) is 11.7 Å². The molecule has 0 spiro atoms. The number of anilines is 1. The van der Waals surface area contributed by atoms with Crippen LogP contribution < -0.4 is 5.32 Å². The van der Waals surface area contributed by atoms with Crippen LogP contribution in [0.5, 0.6) is 0 Å². The summed E-state index contributed by atoms with van der Waals surface area (Å²) in [6, 6.07) is 14.1. The van der Waals surface area contributed by atoms with Crippen molar-refractivity contribution in [1.29, 1.82) is 5.26 Å². The van der Waals surface area contributed by atoms with Crippen molar-refractivity contribution in [2.24, 2.45) is 0 Å². The van der Waals surface area contributed by atoms with E-state index in [1.165, 1.54) is 30.2 Å². The number of rotatable bonds is 6. The molecule has 24 heavy (non-hydrogen) atoms. The van der Waals surface area contributed by atoms with Crippen molar-refractivity contribution in [3.8, 4) is 6.07 Å². The third-order valence-electron chi connectivity index (χ3n) is 4.11. The molecule has 0 saturated heterocycles. The average Bonchev–Trinajstić information content (AvgIpc) is 2.64. The van der Waals surface area contributed by atoms with Gasteiger partial charge in [0.25, 0.3) is 0 Å². The Labute approximate surface area is 146 Å². The first kappa shape index (κ1) is 16.8. The lowest BCUT2D eigenvalue weighted by Crippen LogP contribution is -2.22. The number of hydrogen-bond acceptors (Lipinski definition) is 5. The molecule has 1 aromatic heterocycles. The Hall–Kier alpha value is -2.03. The molecule has 1 aromatic carbocycles. The third-order valence-corrected chi connectivity index (χ3v) is 5.25. The van der Waals surface area contributed by atoms with E-state index in [0.717, 1.165) is 29.2 Å². The molecule has 1 atom stereocenters. The fourth-order valence-electron chi connectivity index (χ4n) is 2.83. The molecule has 0 amide bonds. The summed E-state index contributed by atoms with van der Waals surface area (Å²) < 4.78 is 0. The molecule has 5 heteroatoms. The van der Waals surface area contributed by atoms with E-state index in [1.54, 1.807) is 0 Å². The molecule has 1 unspecified atom stereocenters. The van der Waals surface area contributed by atoms with Crippen molar-refractivity contribution in [3.05, 3.63) is 53.2 Å². The predicted octanol–water partition coefficient (Wildman–Crippen LogP) is 3.40. The topological polar surface area (TPSA) is 68.9 Å². The number of fused-ring (bicyclic) bond motifs is 1. The summed E-state index contributed by atoms with van der Waals surface area (Å²) >= 11 is 1.46. The van der Waals surface area contributed by atoms with Gasteiger partial charge in [-0.3, -0.25) is 0 Å². The van der Waals surface area contributed by atoms with Crippen molar-refractivity contribution in [3.63, 3.8) is 0 Å². The van der Waals surface area contributed by atoms with Crippen LogP contribution in [0.1, 0.15) is 29.7 Å². The third kappa shape index (κ3) is 4.28. The summed E-state index contributed by atoms with van der Waals surface area (Å²) in [7, 11) is 0. The molecule has 1 aliphatic carbocycles. The maximum Gasteiger partial charge on any atom is 0.114 e. The highest BCUT2D eigenvalue weighted by molar-refractivity contribution is 7.99. The van der Waals surface area contributed by atoms with Gasteiger partial charge in [0.15, 0.2) is 0 Å². The van der Waals surface area contributed by atoms with Crippen LogP contribution in [-0.2, 0) is 12.8 Å². The number of nitrogens with one attached hydrogen (secondary N) is 1. The highest BCUT2D eigenvalue weighted by atomic mass is 32.2. The first-order chi connectivity index (χ1) is 11.8. The van der Waals surface area contributed by atoms with Crippen molar-refractivity contribution in [2.75, 3.05) is 17.6 Å². The lowest BCUT2D eigenvalue weighted by molar-refractivity contribution is 0.213. The van der Waals surface area contributed by atoms with Gasteiger partial charge in [-0.25, -0.2) is 4.98 Å². The number of hydrogen-bond donors (Lipinski definition) is 2. The number of para-hydroxylation sites is 1. The van der Waals surface area contributed by atoms with Crippen molar-refractivity contribution in [2.45, 2.75) is 36.8 Å². The Balaban J connectivity index is 1.58. The summed E-state index contributed by atoms with van der Waals surface area (Å²) in [4.78, 5) is 4.68. The van der Waals surface area contributed by atoms with E-state index in [2.05, 4.69) is 16.4 Å². The zero-order valence-electron chi connectivity index (χ0n) is 13.5. The van der Waals surface area contributed by atoms with Crippen molar-refractivity contribution < 1.29 is 5.11 Å². The average molecular weight is 339 g/mol. The van der Waals surface area contributed by atoms with Crippen molar-refractivity contribution in [1.82, 2.24) is 4.98 Å². The number of benzene rings is 1. The molecule has 0 bridgehead atoms. The van der Waals surface area contributed by atoms with Crippen LogP contribution >= 0.6 is 11.8 Å². The monoisotopic (exact) mass is 339 g/mol. The second-order valence-corrected chi connectivity index (χ2v) is 6.99. The van der Waals surface area contributed by atoms with Crippen LogP contribution in [0.2, 0.25) is 0 Å². The van der Waals surface area contributed by atoms with E-state index < -0.39 is 6.10 Å². The number of nitrogens with zero attached hydrogens (tertiary/aromatic N) is 2. The van der Waals surface area contributed by atoms with Crippen LogP contribution in [0.25, 0.3) is 0 Å². The number of aliphatic hydroxyl groups excluding tert-OH is 1. The highest BCUT2D eigenvalue weighted by Crippen LogP contribution is 2.27. The first-order valence-corrected chi connectivity index (χ1v) is 9.27. The molecule has 2 aromatic rings. The fraction of sp³-hybridized carbons (Fsp3) is 0.368. The Kier molecular flexibility index (Phi) is 5.73. The molecule has 124 valence electrons. The first-order valence-electron chi connectivity index (χ1n) is 8.29. The Morgan fingerprint density at radius 1 is 1.25 bits per heavy atom. The van der Waals surface area contributed by atoms with Gasteiger partial charge in [0.1, 0.15) is 11.1 Å². The minimum Gasteiger partial charge on any atom is -0.390 e. The quantitative estimate of drug-likeness (QED) is 0.790. The van der Waals surface area contributed by atoms with Crippen LogP contribution in [0.3, 0.4) is 0 Å². The Bertz CT molecular complexity index is 727. The number of aryl methyl sites for hydroxylation is 2. The Morgan fingerprint density at radius 3 is 2.83 bits per heavy atom. The second-order valence-electron chi connectivity index (χ2n) is 5.98. The maximum absolute atomic E-state index is 10.2. The van der Waals surface area contributed by atoms with Gasteiger partial charge in [-0.2, -0.15) is 5.26 Å². The predicted molar refractivity (Wildman–Crippen MR) is 97.3 cm³/mol. The van der Waals surface area contributed by atoms with E-state index in [9.17, 15) is 10.4 Å². The highest BCUT2D eigenvalue weighted by Gasteiger charge is 2.16. The molecule has 4 nitrogen and oxygen atoms in total. The largest absolute Gasteiger partial charge is 0.390 e. The number of aromatic nitrogens is 1. The summed E-state index contributed by atoms with van der Waals surface area (Å²) in [5.41, 5.74) is 3.96. The van der Waals surface area contributed by atoms with Gasteiger partial charge in [0.2, 0.25) is 0 Å². The normalized spacial score (nSPS) is 14.5. The van der Waals surface area contributed by atoms with Gasteiger partial charge < -0.3 is 10.4 Å². The SMILES string of the molecule is N#Cc1cc2c(nc1SCC(O)CNc1ccccc1)CCCC2. The molecule has 1 heterocycles. The smallest absolute Gasteiger partial charge is 0.114 e. The number of aliphatic hydroxyl groups is 1. The number of pyridine rings is 1. The van der Waals surface area contributed by atoms with Gasteiger partial charge in [-0.1, -0.05) is 18.2 Å². The van der Waals surface area contributed by atoms with E-state index in [-0.39, 0.29) is 0 Å². The Morgan fingerprint density at radius 2 is 2.04 bits per heavy atom. The minimum atomic E-state index is -0.500. The van der Waals surface area contributed by atoms with E-state index in [4.69, 9.17) is 0 Å². The minimum absolute atomic E-state index is 0.476. The standard InChI is InChI=1S/C19H21N3OS/c20-11-15-10-14-6-4-5-9-18(14)22-19(15)24-13-17(23)12-21-16-7-2-1-3-8-16/h1-3,7-8,10,17,21,23H,4-6,9,12-13H2. The van der Waals surface area contributed by atoms with Crippen LogP contribution in [0.4, 0.5) is 5.69 Å². The maximum atomic E-state index is 10.2. The van der Waals surface area contributed by atoms with Crippen LogP contribution in [0.15, 0.2) is 41.4 Å². The van der Waals surface area contributed by atoms with Gasteiger partial charge in [0, 0.05) is 23.7 Å². The van der Waals surface area contributed by atoms with Gasteiger partial charge in [-0.15, -0.1) is 11.8 Å². The lowest BCUT2D eigenvalue weighted by Gasteiger charge is -2.17. The zero-order chi connectivity index (χ0) is 16.8. The van der Waals surface area contributed by atoms with Gasteiger partial charge >= 0.3 is 0 Å². The number of thioether (sulfide) groups is 1.